The van der Waals surface area contributed by atoms with Crippen LogP contribution in [-0.2, 0) is 19.1 Å². The predicted octanol–water partition coefficient (Wildman–Crippen LogP) is 7.94. The normalized spacial score (nSPS) is 10.0. The van der Waals surface area contributed by atoms with Gasteiger partial charge in [-0.2, -0.15) is 12.6 Å². The fourth-order valence-corrected chi connectivity index (χ4v) is 5.21. The van der Waals surface area contributed by atoms with Gasteiger partial charge < -0.3 is 9.47 Å². The number of esters is 2. The first-order valence-corrected chi connectivity index (χ1v) is 14.8. The van der Waals surface area contributed by atoms with E-state index in [2.05, 4.69) is 106 Å². The van der Waals surface area contributed by atoms with Crippen molar-refractivity contribution >= 4 is 52.3 Å². The van der Waals surface area contributed by atoms with Crippen LogP contribution in [0.25, 0.3) is 0 Å². The topological polar surface area (TPSA) is 52.6 Å². The van der Waals surface area contributed by atoms with Gasteiger partial charge in [-0.25, -0.2) is 0 Å². The highest BCUT2D eigenvalue weighted by molar-refractivity contribution is 9.09. The minimum Gasteiger partial charge on any atom is -0.468 e. The Morgan fingerprint density at radius 2 is 0.974 bits per heavy atom. The molecule has 0 unspecified atom stereocenters. The first-order chi connectivity index (χ1) is 19.0. The molecular formula is C32H33BrO4S2. The lowest BCUT2D eigenvalue weighted by Crippen LogP contribution is -2.06. The van der Waals surface area contributed by atoms with Crippen LogP contribution in [0, 0.1) is 0 Å². The predicted molar refractivity (Wildman–Crippen MR) is 169 cm³/mol. The summed E-state index contributed by atoms with van der Waals surface area (Å²) in [6.07, 6.45) is 0. The summed E-state index contributed by atoms with van der Waals surface area (Å²) in [4.78, 5) is 21.5. The van der Waals surface area contributed by atoms with Crippen molar-refractivity contribution in [2.75, 3.05) is 25.7 Å². The lowest BCUT2D eigenvalue weighted by Gasteiger charge is -2.17. The van der Waals surface area contributed by atoms with Crippen molar-refractivity contribution < 1.29 is 19.1 Å². The fourth-order valence-electron chi connectivity index (χ4n) is 3.35. The molecule has 4 aromatic rings. The van der Waals surface area contributed by atoms with Gasteiger partial charge in [0.25, 0.3) is 0 Å². The average Bonchev–Trinajstić information content (AvgIpc) is 3.02. The van der Waals surface area contributed by atoms with Crippen LogP contribution in [0.2, 0.25) is 0 Å². The molecule has 0 heterocycles. The molecule has 0 radical (unpaired) electrons. The molecule has 0 N–H and O–H groups in total. The first-order valence-electron chi connectivity index (χ1n) is 12.2. The SMILES string of the molecule is BrC(c1ccccc1)c1ccccc1.COC(=O)CS.COC(=O)CSC(c1ccccc1)c1ccccc1. The zero-order chi connectivity index (χ0) is 28.3. The zero-order valence-electron chi connectivity index (χ0n) is 22.0. The Labute approximate surface area is 249 Å². The molecule has 4 rings (SSSR count). The van der Waals surface area contributed by atoms with Gasteiger partial charge in [-0.1, -0.05) is 137 Å². The molecule has 4 aromatic carbocycles. The highest BCUT2D eigenvalue weighted by Gasteiger charge is 2.16. The second-order valence-corrected chi connectivity index (χ2v) is 10.3. The molecule has 7 heteroatoms. The van der Waals surface area contributed by atoms with E-state index in [1.165, 1.54) is 36.5 Å². The molecule has 0 aliphatic rings. The molecule has 39 heavy (non-hydrogen) atoms. The van der Waals surface area contributed by atoms with Gasteiger partial charge in [-0.3, -0.25) is 9.59 Å². The summed E-state index contributed by atoms with van der Waals surface area (Å²) in [6, 6.07) is 41.3. The second kappa shape index (κ2) is 19.1. The summed E-state index contributed by atoms with van der Waals surface area (Å²) in [6.45, 7) is 0. The molecule has 0 bridgehead atoms. The Balaban J connectivity index is 0.000000234. The minimum atomic E-state index is -0.293. The van der Waals surface area contributed by atoms with E-state index < -0.39 is 0 Å². The number of methoxy groups -OCH3 is 2. The molecular weight excluding hydrogens is 592 g/mol. The second-order valence-electron chi connectivity index (χ2n) is 8.01. The summed E-state index contributed by atoms with van der Waals surface area (Å²) < 4.78 is 8.90. The lowest BCUT2D eigenvalue weighted by atomic mass is 10.0. The maximum absolute atomic E-state index is 11.3. The first kappa shape index (κ1) is 32.2. The molecule has 0 amide bonds. The molecule has 0 aliphatic heterocycles. The smallest absolute Gasteiger partial charge is 0.315 e. The Hall–Kier alpha value is -3.00. The number of carbonyl (C=O) groups excluding carboxylic acids is 2. The third-order valence-corrected chi connectivity index (χ3v) is 7.94. The van der Waals surface area contributed by atoms with Crippen LogP contribution in [-0.4, -0.2) is 37.7 Å². The van der Waals surface area contributed by atoms with Gasteiger partial charge in [0.2, 0.25) is 0 Å². The minimum absolute atomic E-state index is 0.154. The molecule has 0 saturated carbocycles. The molecule has 4 nitrogen and oxygen atoms in total. The molecule has 0 aliphatic carbocycles. The number of ether oxygens (including phenoxy) is 2. The molecule has 0 spiro atoms. The Bertz CT molecular complexity index is 1130. The van der Waals surface area contributed by atoms with Crippen LogP contribution in [0.3, 0.4) is 0 Å². The van der Waals surface area contributed by atoms with E-state index in [0.717, 1.165) is 0 Å². The monoisotopic (exact) mass is 624 g/mol. The molecule has 0 saturated heterocycles. The van der Waals surface area contributed by atoms with Crippen molar-refractivity contribution in [3.63, 3.8) is 0 Å². The van der Waals surface area contributed by atoms with Crippen LogP contribution in [0.4, 0.5) is 0 Å². The maximum Gasteiger partial charge on any atom is 0.315 e. The highest BCUT2D eigenvalue weighted by Crippen LogP contribution is 2.35. The van der Waals surface area contributed by atoms with E-state index in [1.807, 2.05) is 48.5 Å². The van der Waals surface area contributed by atoms with Crippen LogP contribution in [0.15, 0.2) is 121 Å². The number of thiol groups is 1. The third kappa shape index (κ3) is 12.2. The zero-order valence-corrected chi connectivity index (χ0v) is 25.3. The van der Waals surface area contributed by atoms with Gasteiger partial charge in [-0.05, 0) is 22.3 Å². The number of hydrogen-bond acceptors (Lipinski definition) is 6. The van der Waals surface area contributed by atoms with E-state index in [0.29, 0.717) is 10.6 Å². The van der Waals surface area contributed by atoms with E-state index in [4.69, 9.17) is 4.74 Å². The standard InChI is InChI=1S/C16H16O2S.C13H11Br.C3H6O2S/c1-18-15(17)12-19-16(13-8-4-2-5-9-13)14-10-6-3-7-11-14;14-13(11-7-3-1-4-8-11)12-9-5-2-6-10-12;1-5-3(4)2-6/h2-11,16H,12H2,1H3;1-10,13H;6H,2H2,1H3. The Kier molecular flexibility index (Phi) is 15.8. The van der Waals surface area contributed by atoms with Gasteiger partial charge >= 0.3 is 11.9 Å². The van der Waals surface area contributed by atoms with Crippen LogP contribution in [0.5, 0.6) is 0 Å². The van der Waals surface area contributed by atoms with Crippen molar-refractivity contribution in [3.05, 3.63) is 144 Å². The summed E-state index contributed by atoms with van der Waals surface area (Å²) in [7, 11) is 2.75. The number of halogens is 1. The van der Waals surface area contributed by atoms with Crippen molar-refractivity contribution in [3.8, 4) is 0 Å². The van der Waals surface area contributed by atoms with Crippen LogP contribution < -0.4 is 0 Å². The number of benzene rings is 4. The summed E-state index contributed by atoms with van der Waals surface area (Å²) >= 11 is 8.90. The quantitative estimate of drug-likeness (QED) is 0.122. The third-order valence-electron chi connectivity index (χ3n) is 5.34. The lowest BCUT2D eigenvalue weighted by molar-refractivity contribution is -0.138. The maximum atomic E-state index is 11.3. The van der Waals surface area contributed by atoms with Crippen LogP contribution in [0.1, 0.15) is 32.3 Å². The van der Waals surface area contributed by atoms with Crippen molar-refractivity contribution in [1.82, 2.24) is 0 Å². The molecule has 204 valence electrons. The summed E-state index contributed by atoms with van der Waals surface area (Å²) in [5.41, 5.74) is 4.97. The average molecular weight is 626 g/mol. The highest BCUT2D eigenvalue weighted by atomic mass is 79.9. The van der Waals surface area contributed by atoms with E-state index in [9.17, 15) is 9.59 Å². The number of thioether (sulfide) groups is 1. The molecule has 0 atom stereocenters. The Morgan fingerprint density at radius 3 is 1.26 bits per heavy atom. The van der Waals surface area contributed by atoms with Gasteiger partial charge in [-0.15, -0.1) is 11.8 Å². The van der Waals surface area contributed by atoms with Crippen molar-refractivity contribution in [2.45, 2.75) is 10.1 Å². The fraction of sp³-hybridized carbons (Fsp3) is 0.188. The van der Waals surface area contributed by atoms with Gasteiger partial charge in [0.05, 0.1) is 35.8 Å². The van der Waals surface area contributed by atoms with E-state index in [-0.39, 0.29) is 22.9 Å². The largest absolute Gasteiger partial charge is 0.468 e. The van der Waals surface area contributed by atoms with E-state index >= 15 is 0 Å². The Morgan fingerprint density at radius 1 is 0.641 bits per heavy atom. The van der Waals surface area contributed by atoms with Gasteiger partial charge in [0, 0.05) is 0 Å². The number of hydrogen-bond donors (Lipinski definition) is 1. The number of rotatable bonds is 8. The summed E-state index contributed by atoms with van der Waals surface area (Å²) in [5, 5.41) is 0.154. The van der Waals surface area contributed by atoms with Crippen LogP contribution >= 0.6 is 40.3 Å². The van der Waals surface area contributed by atoms with Crippen molar-refractivity contribution in [2.24, 2.45) is 0 Å². The van der Waals surface area contributed by atoms with Gasteiger partial charge in [0.15, 0.2) is 0 Å². The number of carbonyl (C=O) groups is 2. The van der Waals surface area contributed by atoms with Crippen molar-refractivity contribution in [1.29, 1.82) is 0 Å². The molecule has 0 fully saturated rings. The number of alkyl halides is 1. The molecule has 0 aromatic heterocycles. The summed E-state index contributed by atoms with van der Waals surface area (Å²) in [5.74, 6) is 0.0294. The van der Waals surface area contributed by atoms with Gasteiger partial charge in [0.1, 0.15) is 0 Å². The van der Waals surface area contributed by atoms with E-state index in [1.54, 1.807) is 11.8 Å².